The highest BCUT2D eigenvalue weighted by Crippen LogP contribution is 2.05. The van der Waals surface area contributed by atoms with Gasteiger partial charge in [-0.05, 0) is 0 Å². The summed E-state index contributed by atoms with van der Waals surface area (Å²) in [5.74, 6) is 0. The van der Waals surface area contributed by atoms with Gasteiger partial charge in [0.05, 0.1) is 20.7 Å². The van der Waals surface area contributed by atoms with E-state index in [1.54, 1.807) is 6.08 Å². The van der Waals surface area contributed by atoms with Crippen LogP contribution < -0.4 is 0 Å². The minimum Gasteiger partial charge on any atom is -0.391 e. The number of hydrogen-bond acceptors (Lipinski definition) is 1. The number of hydrogen-bond donors (Lipinski definition) is 1. The predicted molar refractivity (Wildman–Crippen MR) is 57.4 cm³/mol. The van der Waals surface area contributed by atoms with Gasteiger partial charge in [0.2, 0.25) is 0 Å². The average Bonchev–Trinajstić information content (AvgIpc) is 2.03. The zero-order chi connectivity index (χ0) is 10.3. The van der Waals surface area contributed by atoms with E-state index < -0.39 is 0 Å². The zero-order valence-corrected chi connectivity index (χ0v) is 8.66. The fourth-order valence-electron chi connectivity index (χ4n) is 1.18. The Kier molecular flexibility index (Phi) is 5.35. The molecule has 0 radical (unpaired) electrons. The van der Waals surface area contributed by atoms with Gasteiger partial charge < -0.3 is 9.59 Å². The van der Waals surface area contributed by atoms with E-state index in [-0.39, 0.29) is 6.61 Å². The van der Waals surface area contributed by atoms with Crippen LogP contribution in [-0.4, -0.2) is 43.4 Å². The summed E-state index contributed by atoms with van der Waals surface area (Å²) < 4.78 is 0.766. The molecule has 0 rings (SSSR count). The lowest BCUT2D eigenvalue weighted by molar-refractivity contribution is -0.885. The molecule has 0 saturated carbocycles. The van der Waals surface area contributed by atoms with Crippen LogP contribution in [0.2, 0.25) is 0 Å². The molecule has 0 atom stereocenters. The summed E-state index contributed by atoms with van der Waals surface area (Å²) in [4.78, 5) is 0. The SMILES string of the molecule is C=C/C=C(\C=C)C[N+](C)(C)CCO. The molecule has 0 amide bonds. The Hall–Kier alpha value is -0.860. The Morgan fingerprint density at radius 2 is 2.00 bits per heavy atom. The van der Waals surface area contributed by atoms with Gasteiger partial charge in [0.15, 0.2) is 0 Å². The van der Waals surface area contributed by atoms with Crippen LogP contribution in [0.4, 0.5) is 0 Å². The van der Waals surface area contributed by atoms with E-state index in [1.165, 1.54) is 0 Å². The van der Waals surface area contributed by atoms with Gasteiger partial charge in [-0.3, -0.25) is 0 Å². The van der Waals surface area contributed by atoms with Crippen LogP contribution in [0.15, 0.2) is 37.0 Å². The van der Waals surface area contributed by atoms with Crippen molar-refractivity contribution in [2.75, 3.05) is 33.8 Å². The van der Waals surface area contributed by atoms with E-state index in [2.05, 4.69) is 27.3 Å². The van der Waals surface area contributed by atoms with Crippen molar-refractivity contribution in [2.45, 2.75) is 0 Å². The summed E-state index contributed by atoms with van der Waals surface area (Å²) in [6.07, 6.45) is 5.54. The molecule has 0 spiro atoms. The largest absolute Gasteiger partial charge is 0.391 e. The molecule has 1 N–H and O–H groups in total. The van der Waals surface area contributed by atoms with E-state index in [0.29, 0.717) is 0 Å². The molecule has 0 aliphatic heterocycles. The van der Waals surface area contributed by atoms with Crippen molar-refractivity contribution >= 4 is 0 Å². The van der Waals surface area contributed by atoms with Crippen LogP contribution >= 0.6 is 0 Å². The van der Waals surface area contributed by atoms with Crippen LogP contribution in [-0.2, 0) is 0 Å². The topological polar surface area (TPSA) is 20.2 Å². The van der Waals surface area contributed by atoms with Gasteiger partial charge >= 0.3 is 0 Å². The van der Waals surface area contributed by atoms with Gasteiger partial charge in [-0.2, -0.15) is 0 Å². The highest BCUT2D eigenvalue weighted by molar-refractivity contribution is 5.21. The molecule has 0 aromatic rings. The molecule has 0 aliphatic rings. The number of likely N-dealkylation sites (N-methyl/N-ethyl adjacent to an activating group) is 1. The van der Waals surface area contributed by atoms with Gasteiger partial charge in [0.25, 0.3) is 0 Å². The molecule has 0 bridgehead atoms. The third-order valence-electron chi connectivity index (χ3n) is 1.91. The lowest BCUT2D eigenvalue weighted by Crippen LogP contribution is -2.43. The van der Waals surface area contributed by atoms with Crippen LogP contribution in [0.5, 0.6) is 0 Å². The normalized spacial score (nSPS) is 12.7. The number of rotatable bonds is 6. The molecule has 0 aromatic heterocycles. The van der Waals surface area contributed by atoms with Crippen molar-refractivity contribution < 1.29 is 9.59 Å². The highest BCUT2D eigenvalue weighted by atomic mass is 16.3. The molecular weight excluding hydrogens is 162 g/mol. The molecule has 0 heterocycles. The number of nitrogens with zero attached hydrogens (tertiary/aromatic N) is 1. The molecular formula is C11H20NO+. The van der Waals surface area contributed by atoms with Crippen LogP contribution in [0.25, 0.3) is 0 Å². The van der Waals surface area contributed by atoms with Crippen LogP contribution in [0, 0.1) is 0 Å². The Balaban J connectivity index is 4.29. The molecule has 0 fully saturated rings. The second-order valence-electron chi connectivity index (χ2n) is 3.72. The predicted octanol–water partition coefficient (Wildman–Crippen LogP) is 1.35. The second-order valence-corrected chi connectivity index (χ2v) is 3.72. The Bertz CT molecular complexity index is 204. The lowest BCUT2D eigenvalue weighted by atomic mass is 10.2. The lowest BCUT2D eigenvalue weighted by Gasteiger charge is -2.29. The molecule has 0 unspecified atom stereocenters. The Labute approximate surface area is 81.1 Å². The maximum atomic E-state index is 8.84. The summed E-state index contributed by atoms with van der Waals surface area (Å²) >= 11 is 0. The standard InChI is InChI=1S/C11H20NO/c1-5-7-11(6-2)10-12(3,4)8-9-13/h5-7,13H,1-2,8-10H2,3-4H3/q+1/b11-7+. The van der Waals surface area contributed by atoms with Gasteiger partial charge in [-0.1, -0.05) is 31.4 Å². The van der Waals surface area contributed by atoms with E-state index in [0.717, 1.165) is 23.1 Å². The summed E-state index contributed by atoms with van der Waals surface area (Å²) in [6, 6.07) is 0. The number of aliphatic hydroxyl groups is 1. The fourth-order valence-corrected chi connectivity index (χ4v) is 1.18. The molecule has 0 saturated heterocycles. The fraction of sp³-hybridized carbons (Fsp3) is 0.455. The average molecular weight is 182 g/mol. The van der Waals surface area contributed by atoms with Gasteiger partial charge in [-0.25, -0.2) is 0 Å². The monoisotopic (exact) mass is 182 g/mol. The van der Waals surface area contributed by atoms with E-state index in [9.17, 15) is 0 Å². The first-order valence-electron chi connectivity index (χ1n) is 4.42. The Morgan fingerprint density at radius 3 is 2.38 bits per heavy atom. The summed E-state index contributed by atoms with van der Waals surface area (Å²) in [5.41, 5.74) is 1.15. The third-order valence-corrected chi connectivity index (χ3v) is 1.91. The quantitative estimate of drug-likeness (QED) is 0.485. The summed E-state index contributed by atoms with van der Waals surface area (Å²) in [7, 11) is 4.16. The first-order valence-corrected chi connectivity index (χ1v) is 4.42. The van der Waals surface area contributed by atoms with Crippen molar-refractivity contribution in [2.24, 2.45) is 0 Å². The minimum atomic E-state index is 0.214. The molecule has 2 nitrogen and oxygen atoms in total. The number of aliphatic hydroxyl groups excluding tert-OH is 1. The van der Waals surface area contributed by atoms with Crippen molar-refractivity contribution in [1.82, 2.24) is 0 Å². The summed E-state index contributed by atoms with van der Waals surface area (Å²) in [5, 5.41) is 8.84. The third kappa shape index (κ3) is 5.39. The maximum absolute atomic E-state index is 8.84. The second kappa shape index (κ2) is 5.73. The van der Waals surface area contributed by atoms with Crippen molar-refractivity contribution in [3.8, 4) is 0 Å². The van der Waals surface area contributed by atoms with Crippen molar-refractivity contribution in [3.63, 3.8) is 0 Å². The molecule has 2 heteroatoms. The van der Waals surface area contributed by atoms with E-state index in [4.69, 9.17) is 5.11 Å². The van der Waals surface area contributed by atoms with E-state index in [1.807, 2.05) is 12.2 Å². The van der Waals surface area contributed by atoms with Gasteiger partial charge in [0.1, 0.15) is 13.1 Å². The molecule has 74 valence electrons. The highest BCUT2D eigenvalue weighted by Gasteiger charge is 2.14. The molecule has 13 heavy (non-hydrogen) atoms. The maximum Gasteiger partial charge on any atom is 0.104 e. The Morgan fingerprint density at radius 1 is 1.38 bits per heavy atom. The van der Waals surface area contributed by atoms with Crippen LogP contribution in [0.3, 0.4) is 0 Å². The first-order chi connectivity index (χ1) is 6.05. The van der Waals surface area contributed by atoms with Gasteiger partial charge in [0, 0.05) is 5.57 Å². The van der Waals surface area contributed by atoms with Crippen molar-refractivity contribution in [3.05, 3.63) is 37.0 Å². The van der Waals surface area contributed by atoms with Crippen LogP contribution in [0.1, 0.15) is 0 Å². The first kappa shape index (κ1) is 12.1. The number of quaternary nitrogens is 1. The van der Waals surface area contributed by atoms with Crippen molar-refractivity contribution in [1.29, 1.82) is 0 Å². The number of allylic oxidation sites excluding steroid dienone is 2. The zero-order valence-electron chi connectivity index (χ0n) is 8.66. The van der Waals surface area contributed by atoms with E-state index >= 15 is 0 Å². The minimum absolute atomic E-state index is 0.214. The smallest absolute Gasteiger partial charge is 0.104 e. The summed E-state index contributed by atoms with van der Waals surface area (Å²) in [6.45, 7) is 9.22. The molecule has 0 aliphatic carbocycles. The van der Waals surface area contributed by atoms with Gasteiger partial charge in [-0.15, -0.1) is 0 Å². The molecule has 0 aromatic carbocycles.